The summed E-state index contributed by atoms with van der Waals surface area (Å²) in [6, 6.07) is -0.245. The molecule has 0 aliphatic carbocycles. The summed E-state index contributed by atoms with van der Waals surface area (Å²) < 4.78 is 7.54. The van der Waals surface area contributed by atoms with E-state index in [4.69, 9.17) is 4.74 Å². The third-order valence-electron chi connectivity index (χ3n) is 4.96. The van der Waals surface area contributed by atoms with Crippen LogP contribution in [0.15, 0.2) is 18.7 Å². The van der Waals surface area contributed by atoms with E-state index in [0.29, 0.717) is 38.4 Å². The maximum Gasteiger partial charge on any atom is 0.245 e. The van der Waals surface area contributed by atoms with E-state index in [1.54, 1.807) is 17.4 Å². The van der Waals surface area contributed by atoms with Crippen LogP contribution in [0.5, 0.6) is 0 Å². The second-order valence-electron chi connectivity index (χ2n) is 7.04. The second kappa shape index (κ2) is 10.3. The van der Waals surface area contributed by atoms with Gasteiger partial charge in [-0.1, -0.05) is 13.8 Å². The fourth-order valence-electron chi connectivity index (χ4n) is 3.31. The number of nitrogens with zero attached hydrogens (tertiary/aromatic N) is 3. The number of nitrogens with one attached hydrogen (secondary N) is 1. The van der Waals surface area contributed by atoms with Gasteiger partial charge in [0.25, 0.3) is 0 Å². The maximum atomic E-state index is 12.8. The number of imidazole rings is 1. The van der Waals surface area contributed by atoms with Crippen molar-refractivity contribution in [1.29, 1.82) is 0 Å². The van der Waals surface area contributed by atoms with Gasteiger partial charge in [-0.05, 0) is 32.1 Å². The first kappa shape index (κ1) is 20.4. The molecule has 7 nitrogen and oxygen atoms in total. The topological polar surface area (TPSA) is 76.5 Å². The van der Waals surface area contributed by atoms with Crippen LogP contribution in [0, 0.1) is 5.92 Å². The summed E-state index contributed by atoms with van der Waals surface area (Å²) in [6.07, 6.45) is 8.36. The maximum absolute atomic E-state index is 12.8. The molecule has 2 heterocycles. The minimum absolute atomic E-state index is 0.00490. The van der Waals surface area contributed by atoms with Gasteiger partial charge in [0.05, 0.1) is 18.9 Å². The van der Waals surface area contributed by atoms with Crippen molar-refractivity contribution >= 4 is 11.8 Å². The molecule has 0 bridgehead atoms. The number of carbonyl (C=O) groups excluding carboxylic acids is 2. The molecule has 1 unspecified atom stereocenters. The van der Waals surface area contributed by atoms with Gasteiger partial charge in [0.2, 0.25) is 11.8 Å². The highest BCUT2D eigenvalue weighted by Crippen LogP contribution is 2.20. The lowest BCUT2D eigenvalue weighted by Gasteiger charge is -2.27. The molecule has 1 aliphatic rings. The van der Waals surface area contributed by atoms with E-state index < -0.39 is 0 Å². The highest BCUT2D eigenvalue weighted by Gasteiger charge is 2.24. The molecule has 0 aromatic carbocycles. The summed E-state index contributed by atoms with van der Waals surface area (Å²) in [5.74, 6) is 0.641. The number of amides is 2. The lowest BCUT2D eigenvalue weighted by molar-refractivity contribution is -0.135. The van der Waals surface area contributed by atoms with Crippen LogP contribution in [0.2, 0.25) is 0 Å². The fraction of sp³-hybridized carbons (Fsp3) is 0.737. The first-order valence-corrected chi connectivity index (χ1v) is 9.69. The summed E-state index contributed by atoms with van der Waals surface area (Å²) in [6.45, 7) is 8.43. The van der Waals surface area contributed by atoms with Crippen LogP contribution in [0.25, 0.3) is 0 Å². The van der Waals surface area contributed by atoms with Crippen molar-refractivity contribution in [1.82, 2.24) is 19.8 Å². The highest BCUT2D eigenvalue weighted by molar-refractivity contribution is 5.80. The van der Waals surface area contributed by atoms with E-state index in [1.165, 1.54) is 0 Å². The number of ether oxygens (including phenoxy) is 1. The number of carbonyl (C=O) groups is 2. The van der Waals surface area contributed by atoms with Crippen LogP contribution in [-0.2, 0) is 14.3 Å². The summed E-state index contributed by atoms with van der Waals surface area (Å²) in [5, 5.41) is 2.92. The first-order chi connectivity index (χ1) is 12.5. The summed E-state index contributed by atoms with van der Waals surface area (Å²) in [7, 11) is 0. The predicted octanol–water partition coefficient (Wildman–Crippen LogP) is 2.00. The number of aromatic nitrogens is 2. The summed E-state index contributed by atoms with van der Waals surface area (Å²) >= 11 is 0. The molecular weight excluding hydrogens is 332 g/mol. The van der Waals surface area contributed by atoms with E-state index in [1.807, 2.05) is 24.6 Å². The van der Waals surface area contributed by atoms with Gasteiger partial charge < -0.3 is 19.5 Å². The Kier molecular flexibility index (Phi) is 8.09. The Balaban J connectivity index is 1.75. The van der Waals surface area contributed by atoms with E-state index >= 15 is 0 Å². The van der Waals surface area contributed by atoms with Crippen molar-refractivity contribution < 1.29 is 14.3 Å². The van der Waals surface area contributed by atoms with Crippen molar-refractivity contribution in [2.24, 2.45) is 5.92 Å². The van der Waals surface area contributed by atoms with Gasteiger partial charge >= 0.3 is 0 Å². The van der Waals surface area contributed by atoms with Crippen molar-refractivity contribution in [3.63, 3.8) is 0 Å². The second-order valence-corrected chi connectivity index (χ2v) is 7.04. The third kappa shape index (κ3) is 5.83. The molecule has 1 fully saturated rings. The lowest BCUT2D eigenvalue weighted by Crippen LogP contribution is -2.42. The van der Waals surface area contributed by atoms with Gasteiger partial charge in [-0.3, -0.25) is 9.59 Å². The normalized spacial score (nSPS) is 21.2. The molecule has 0 saturated carbocycles. The van der Waals surface area contributed by atoms with Crippen LogP contribution in [0.1, 0.15) is 52.5 Å². The standard InChI is InChI=1S/C19H32N4O3/c1-4-17(23-10-8-20-14-23)19(25)22(5-2)11-9-21-18(24)12-16-7-6-15(3)13-26-16/h8,10,14-17H,4-7,9,11-13H2,1-3H3,(H,21,24)/t15-,16+,17?/m1/s1. The Morgan fingerprint density at radius 2 is 2.19 bits per heavy atom. The molecule has 26 heavy (non-hydrogen) atoms. The van der Waals surface area contributed by atoms with Crippen molar-refractivity contribution in [3.8, 4) is 0 Å². The van der Waals surface area contributed by atoms with Crippen LogP contribution >= 0.6 is 0 Å². The molecule has 1 aliphatic heterocycles. The van der Waals surface area contributed by atoms with E-state index in [9.17, 15) is 9.59 Å². The van der Waals surface area contributed by atoms with Crippen molar-refractivity contribution in [2.75, 3.05) is 26.2 Å². The van der Waals surface area contributed by atoms with Gasteiger partial charge in [-0.15, -0.1) is 0 Å². The summed E-state index contributed by atoms with van der Waals surface area (Å²) in [4.78, 5) is 30.7. The zero-order chi connectivity index (χ0) is 18.9. The van der Waals surface area contributed by atoms with Crippen LogP contribution in [0.4, 0.5) is 0 Å². The molecule has 1 aromatic rings. The Hall–Kier alpha value is -1.89. The molecule has 146 valence electrons. The molecule has 2 amide bonds. The predicted molar refractivity (Wildman–Crippen MR) is 99.6 cm³/mol. The smallest absolute Gasteiger partial charge is 0.245 e. The van der Waals surface area contributed by atoms with Gasteiger partial charge in [0.15, 0.2) is 0 Å². The van der Waals surface area contributed by atoms with E-state index in [0.717, 1.165) is 19.4 Å². The zero-order valence-electron chi connectivity index (χ0n) is 16.2. The Morgan fingerprint density at radius 3 is 2.77 bits per heavy atom. The molecule has 7 heteroatoms. The average Bonchev–Trinajstić information content (AvgIpc) is 3.15. The molecule has 3 atom stereocenters. The molecule has 0 spiro atoms. The molecule has 0 radical (unpaired) electrons. The Bertz CT molecular complexity index is 553. The van der Waals surface area contributed by atoms with Crippen molar-refractivity contribution in [2.45, 2.75) is 58.6 Å². The van der Waals surface area contributed by atoms with Gasteiger partial charge in [-0.25, -0.2) is 4.98 Å². The monoisotopic (exact) mass is 364 g/mol. The molecule has 2 rings (SSSR count). The largest absolute Gasteiger partial charge is 0.377 e. The van der Waals surface area contributed by atoms with Crippen LogP contribution in [-0.4, -0.2) is 58.6 Å². The quantitative estimate of drug-likeness (QED) is 0.727. The minimum atomic E-state index is -0.245. The van der Waals surface area contributed by atoms with Crippen LogP contribution < -0.4 is 5.32 Å². The fourth-order valence-corrected chi connectivity index (χ4v) is 3.31. The van der Waals surface area contributed by atoms with Crippen molar-refractivity contribution in [3.05, 3.63) is 18.7 Å². The number of hydrogen-bond acceptors (Lipinski definition) is 4. The van der Waals surface area contributed by atoms with Gasteiger partial charge in [-0.2, -0.15) is 0 Å². The lowest BCUT2D eigenvalue weighted by atomic mass is 9.98. The first-order valence-electron chi connectivity index (χ1n) is 9.69. The molecule has 1 aromatic heterocycles. The van der Waals surface area contributed by atoms with E-state index in [-0.39, 0.29) is 24.0 Å². The average molecular weight is 364 g/mol. The highest BCUT2D eigenvalue weighted by atomic mass is 16.5. The molecular formula is C19H32N4O3. The minimum Gasteiger partial charge on any atom is -0.377 e. The third-order valence-corrected chi connectivity index (χ3v) is 4.96. The zero-order valence-corrected chi connectivity index (χ0v) is 16.2. The Morgan fingerprint density at radius 1 is 1.38 bits per heavy atom. The van der Waals surface area contributed by atoms with E-state index in [2.05, 4.69) is 17.2 Å². The van der Waals surface area contributed by atoms with Gasteiger partial charge in [0.1, 0.15) is 6.04 Å². The SMILES string of the molecule is CCC(C(=O)N(CC)CCNC(=O)C[C@@H]1CC[C@@H](C)CO1)n1ccnc1. The Labute approximate surface area is 156 Å². The van der Waals surface area contributed by atoms with Crippen LogP contribution in [0.3, 0.4) is 0 Å². The number of hydrogen-bond donors (Lipinski definition) is 1. The summed E-state index contributed by atoms with van der Waals surface area (Å²) in [5.41, 5.74) is 0. The molecule has 1 N–H and O–H groups in total. The number of rotatable bonds is 9. The number of likely N-dealkylation sites (N-methyl/N-ethyl adjacent to an activating group) is 1. The molecule has 1 saturated heterocycles. The van der Waals surface area contributed by atoms with Gasteiger partial charge in [0, 0.05) is 38.6 Å².